The number of aliphatic hydroxyl groups is 1. The second-order valence-electron chi connectivity index (χ2n) is 9.42. The van der Waals surface area contributed by atoms with Gasteiger partial charge in [0.15, 0.2) is 17.2 Å². The molecule has 1 aromatic carbocycles. The maximum Gasteiger partial charge on any atom is 0.328 e. The standard InChI is InChI=1S/C23H27FN2O5.C4H10O/c1-14-12-16(13-15-6-8-17(24)9-7-15)4-3-5-18(23(29)31-14)26-22(28)20-21(27)19(30-2)10-11-25-20;1-4(2)3-5/h6-11,14,16,18,27H,3-5,12-13H2,1-2H3,(H,26,28);4-5H,3H2,1-2H3/t14?,16?,18-;/m0./s1. The summed E-state index contributed by atoms with van der Waals surface area (Å²) in [6.45, 7) is 6.08. The molecule has 0 bridgehead atoms. The number of aromatic hydroxyl groups is 1. The molecule has 1 aliphatic heterocycles. The van der Waals surface area contributed by atoms with E-state index in [1.165, 1.54) is 31.5 Å². The van der Waals surface area contributed by atoms with E-state index in [1.807, 2.05) is 20.8 Å². The molecule has 1 aliphatic rings. The zero-order chi connectivity index (χ0) is 26.7. The molecule has 36 heavy (non-hydrogen) atoms. The van der Waals surface area contributed by atoms with Crippen LogP contribution in [0.25, 0.3) is 0 Å². The van der Waals surface area contributed by atoms with Crippen molar-refractivity contribution in [2.75, 3.05) is 13.7 Å². The van der Waals surface area contributed by atoms with Gasteiger partial charge >= 0.3 is 5.97 Å². The van der Waals surface area contributed by atoms with Gasteiger partial charge in [-0.3, -0.25) is 4.79 Å². The molecule has 0 aliphatic carbocycles. The van der Waals surface area contributed by atoms with Crippen molar-refractivity contribution in [3.8, 4) is 11.5 Å². The number of nitrogens with zero attached hydrogens (tertiary/aromatic N) is 1. The van der Waals surface area contributed by atoms with E-state index in [1.54, 1.807) is 12.1 Å². The normalized spacial score (nSPS) is 20.2. The molecule has 2 aromatic rings. The SMILES string of the molecule is CC(C)CO.COc1ccnc(C(=O)N[C@H]2CCCC(Cc3ccc(F)cc3)CC(C)OC2=O)c1O. The van der Waals surface area contributed by atoms with E-state index >= 15 is 0 Å². The number of halogens is 1. The number of nitrogens with one attached hydrogen (secondary N) is 1. The molecule has 0 saturated carbocycles. The molecule has 3 N–H and O–H groups in total. The Morgan fingerprint density at radius 2 is 1.92 bits per heavy atom. The highest BCUT2D eigenvalue weighted by molar-refractivity contribution is 5.97. The van der Waals surface area contributed by atoms with Crippen LogP contribution in [0.15, 0.2) is 36.5 Å². The number of pyridine rings is 1. The van der Waals surface area contributed by atoms with Gasteiger partial charge in [-0.1, -0.05) is 32.4 Å². The van der Waals surface area contributed by atoms with Crippen LogP contribution in [0, 0.1) is 17.7 Å². The molecule has 0 radical (unpaired) electrons. The third-order valence-corrected chi connectivity index (χ3v) is 5.80. The molecule has 0 spiro atoms. The van der Waals surface area contributed by atoms with Crippen LogP contribution in [-0.4, -0.2) is 52.9 Å². The van der Waals surface area contributed by atoms with Gasteiger partial charge in [0.25, 0.3) is 5.91 Å². The summed E-state index contributed by atoms with van der Waals surface area (Å²) in [6, 6.07) is 7.03. The summed E-state index contributed by atoms with van der Waals surface area (Å²) in [5, 5.41) is 20.9. The predicted molar refractivity (Wildman–Crippen MR) is 133 cm³/mol. The minimum absolute atomic E-state index is 0.120. The highest BCUT2D eigenvalue weighted by Gasteiger charge is 2.29. The van der Waals surface area contributed by atoms with Gasteiger partial charge in [0.1, 0.15) is 11.9 Å². The first-order valence-electron chi connectivity index (χ1n) is 12.2. The van der Waals surface area contributed by atoms with E-state index in [4.69, 9.17) is 14.6 Å². The van der Waals surface area contributed by atoms with Gasteiger partial charge < -0.3 is 25.0 Å². The minimum Gasteiger partial charge on any atom is -0.503 e. The largest absolute Gasteiger partial charge is 0.503 e. The van der Waals surface area contributed by atoms with Crippen molar-refractivity contribution in [1.82, 2.24) is 10.3 Å². The third kappa shape index (κ3) is 9.11. The summed E-state index contributed by atoms with van der Waals surface area (Å²) < 4.78 is 23.7. The van der Waals surface area contributed by atoms with Crippen molar-refractivity contribution < 1.29 is 33.7 Å². The number of carbonyl (C=O) groups is 2. The molecule has 3 atom stereocenters. The van der Waals surface area contributed by atoms with Crippen molar-refractivity contribution in [3.63, 3.8) is 0 Å². The highest BCUT2D eigenvalue weighted by atomic mass is 19.1. The minimum atomic E-state index is -0.841. The predicted octanol–water partition coefficient (Wildman–Crippen LogP) is 4.03. The molecule has 9 heteroatoms. The number of carbonyl (C=O) groups excluding carboxylic acids is 2. The fourth-order valence-corrected chi connectivity index (χ4v) is 3.91. The smallest absolute Gasteiger partial charge is 0.328 e. The van der Waals surface area contributed by atoms with Gasteiger partial charge in [-0.2, -0.15) is 0 Å². The summed E-state index contributed by atoms with van der Waals surface area (Å²) in [5.41, 5.74) is 0.822. The average Bonchev–Trinajstić information content (AvgIpc) is 2.90. The van der Waals surface area contributed by atoms with Gasteiger partial charge in [-0.25, -0.2) is 14.2 Å². The van der Waals surface area contributed by atoms with Crippen molar-refractivity contribution in [2.24, 2.45) is 11.8 Å². The second-order valence-corrected chi connectivity index (χ2v) is 9.42. The summed E-state index contributed by atoms with van der Waals surface area (Å²) >= 11 is 0. The van der Waals surface area contributed by atoms with Crippen molar-refractivity contribution >= 4 is 11.9 Å². The molecule has 198 valence electrons. The Kier molecular flexibility index (Phi) is 11.6. The Bertz CT molecular complexity index is 983. The van der Waals surface area contributed by atoms with E-state index in [-0.39, 0.29) is 35.0 Å². The lowest BCUT2D eigenvalue weighted by Gasteiger charge is -2.20. The number of esters is 1. The Hall–Kier alpha value is -3.20. The van der Waals surface area contributed by atoms with Gasteiger partial charge in [0.2, 0.25) is 0 Å². The van der Waals surface area contributed by atoms with Crippen LogP contribution in [-0.2, 0) is 16.0 Å². The Morgan fingerprint density at radius 1 is 1.25 bits per heavy atom. The first kappa shape index (κ1) is 29.0. The topological polar surface area (TPSA) is 118 Å². The highest BCUT2D eigenvalue weighted by Crippen LogP contribution is 2.28. The van der Waals surface area contributed by atoms with Crippen LogP contribution >= 0.6 is 0 Å². The molecule has 3 rings (SSSR count). The van der Waals surface area contributed by atoms with Crippen LogP contribution in [0.5, 0.6) is 11.5 Å². The first-order valence-corrected chi connectivity index (χ1v) is 12.2. The van der Waals surface area contributed by atoms with E-state index in [2.05, 4.69) is 10.3 Å². The summed E-state index contributed by atoms with van der Waals surface area (Å²) in [7, 11) is 1.37. The molecular formula is C27H37FN2O6. The molecule has 2 heterocycles. The van der Waals surface area contributed by atoms with E-state index in [0.29, 0.717) is 31.8 Å². The van der Waals surface area contributed by atoms with Crippen LogP contribution < -0.4 is 10.1 Å². The third-order valence-electron chi connectivity index (χ3n) is 5.80. The molecule has 8 nitrogen and oxygen atoms in total. The molecule has 1 saturated heterocycles. The fraction of sp³-hybridized carbons (Fsp3) is 0.519. The Labute approximate surface area is 211 Å². The second kappa shape index (κ2) is 14.4. The summed E-state index contributed by atoms with van der Waals surface area (Å²) in [6.07, 6.45) is 4.42. The number of benzene rings is 1. The van der Waals surface area contributed by atoms with E-state index in [0.717, 1.165) is 18.4 Å². The number of rotatable bonds is 6. The lowest BCUT2D eigenvalue weighted by molar-refractivity contribution is -0.151. The van der Waals surface area contributed by atoms with Gasteiger partial charge in [-0.05, 0) is 62.1 Å². The number of aliphatic hydroxyl groups excluding tert-OH is 1. The monoisotopic (exact) mass is 504 g/mol. The Morgan fingerprint density at radius 3 is 2.53 bits per heavy atom. The quantitative estimate of drug-likeness (QED) is 0.508. The van der Waals surface area contributed by atoms with E-state index in [9.17, 15) is 19.1 Å². The number of cyclic esters (lactones) is 1. The van der Waals surface area contributed by atoms with Gasteiger partial charge in [-0.15, -0.1) is 0 Å². The number of methoxy groups -OCH3 is 1. The van der Waals surface area contributed by atoms with Crippen LogP contribution in [0.1, 0.15) is 62.5 Å². The van der Waals surface area contributed by atoms with Crippen molar-refractivity contribution in [1.29, 1.82) is 0 Å². The zero-order valence-electron chi connectivity index (χ0n) is 21.4. The number of amides is 1. The average molecular weight is 505 g/mol. The first-order chi connectivity index (χ1) is 17.1. The number of hydrogen-bond acceptors (Lipinski definition) is 7. The van der Waals surface area contributed by atoms with Crippen LogP contribution in [0.4, 0.5) is 4.39 Å². The zero-order valence-corrected chi connectivity index (χ0v) is 21.4. The maximum absolute atomic E-state index is 13.2. The van der Waals surface area contributed by atoms with Crippen LogP contribution in [0.3, 0.4) is 0 Å². The number of ether oxygens (including phenoxy) is 2. The van der Waals surface area contributed by atoms with Crippen molar-refractivity contribution in [3.05, 3.63) is 53.6 Å². The van der Waals surface area contributed by atoms with Crippen molar-refractivity contribution in [2.45, 2.75) is 65.0 Å². The summed E-state index contributed by atoms with van der Waals surface area (Å²) in [5.74, 6) is -1.00. The molecular weight excluding hydrogens is 467 g/mol. The molecule has 1 aromatic heterocycles. The van der Waals surface area contributed by atoms with E-state index < -0.39 is 17.9 Å². The number of hydrogen-bond donors (Lipinski definition) is 3. The lowest BCUT2D eigenvalue weighted by Crippen LogP contribution is -2.42. The van der Waals surface area contributed by atoms with Gasteiger partial charge in [0.05, 0.1) is 13.2 Å². The number of aromatic nitrogens is 1. The molecule has 1 amide bonds. The summed E-state index contributed by atoms with van der Waals surface area (Å²) in [4.78, 5) is 29.1. The fourth-order valence-electron chi connectivity index (χ4n) is 3.91. The lowest BCUT2D eigenvalue weighted by atomic mass is 9.89. The molecule has 2 unspecified atom stereocenters. The molecule has 1 fully saturated rings. The maximum atomic E-state index is 13.2. The van der Waals surface area contributed by atoms with Crippen LogP contribution in [0.2, 0.25) is 0 Å². The van der Waals surface area contributed by atoms with Gasteiger partial charge in [0, 0.05) is 18.9 Å². The Balaban J connectivity index is 0.000000830.